The van der Waals surface area contributed by atoms with Crippen molar-refractivity contribution in [2.24, 2.45) is 0 Å². The minimum atomic E-state index is -1.01. The first-order valence-corrected chi connectivity index (χ1v) is 7.06. The molecule has 3 heteroatoms. The van der Waals surface area contributed by atoms with Crippen molar-refractivity contribution in [3.63, 3.8) is 0 Å². The topological polar surface area (TPSA) is 20.2 Å². The van der Waals surface area contributed by atoms with Gasteiger partial charge in [-0.3, -0.25) is 0 Å². The number of aryl methyl sites for hydroxylation is 1. The Balaban J connectivity index is 2.22. The second-order valence-corrected chi connectivity index (χ2v) is 5.66. The second-order valence-electron chi connectivity index (χ2n) is 5.25. The Morgan fingerprint density at radius 1 is 1.10 bits per heavy atom. The molecule has 0 fully saturated rings. The lowest BCUT2D eigenvalue weighted by Gasteiger charge is -2.24. The number of benzene rings is 2. The zero-order chi connectivity index (χ0) is 14.8. The minimum Gasteiger partial charge on any atom is -0.385 e. The maximum Gasteiger partial charge on any atom is 0.141 e. The van der Waals surface area contributed by atoms with Gasteiger partial charge in [0.25, 0.3) is 0 Å². The van der Waals surface area contributed by atoms with Gasteiger partial charge in [0.1, 0.15) is 5.82 Å². The second kappa shape index (κ2) is 5.94. The van der Waals surface area contributed by atoms with E-state index in [0.29, 0.717) is 6.42 Å². The summed E-state index contributed by atoms with van der Waals surface area (Å²) in [6.45, 7) is 3.85. The lowest BCUT2D eigenvalue weighted by molar-refractivity contribution is 0.0576. The van der Waals surface area contributed by atoms with Gasteiger partial charge in [0.05, 0.1) is 10.6 Å². The fourth-order valence-corrected chi connectivity index (χ4v) is 2.45. The molecule has 2 aromatic rings. The molecular formula is C17H18ClFO. The summed E-state index contributed by atoms with van der Waals surface area (Å²) in [6, 6.07) is 12.4. The van der Waals surface area contributed by atoms with Crippen LogP contribution in [0.4, 0.5) is 4.39 Å². The summed E-state index contributed by atoms with van der Waals surface area (Å²) in [5.74, 6) is -0.442. The third-order valence-corrected chi connectivity index (χ3v) is 3.81. The molecule has 106 valence electrons. The standard InChI is InChI=1S/C17H18ClFO/c1-3-12-4-7-14(8-5-12)17(2,20)11-13-6-9-16(19)15(18)10-13/h4-10,20H,3,11H2,1-2H3. The number of hydrogen-bond acceptors (Lipinski definition) is 1. The average molecular weight is 293 g/mol. The Morgan fingerprint density at radius 2 is 1.70 bits per heavy atom. The lowest BCUT2D eigenvalue weighted by Crippen LogP contribution is -2.24. The van der Waals surface area contributed by atoms with E-state index in [1.165, 1.54) is 11.6 Å². The molecule has 0 saturated carbocycles. The molecule has 1 atom stereocenters. The molecule has 1 unspecified atom stereocenters. The van der Waals surface area contributed by atoms with Crippen molar-refractivity contribution >= 4 is 11.6 Å². The molecule has 0 amide bonds. The van der Waals surface area contributed by atoms with Crippen LogP contribution in [-0.2, 0) is 18.4 Å². The number of aliphatic hydroxyl groups is 1. The number of halogens is 2. The zero-order valence-corrected chi connectivity index (χ0v) is 12.4. The molecule has 1 N–H and O–H groups in total. The minimum absolute atomic E-state index is 0.0830. The van der Waals surface area contributed by atoms with Gasteiger partial charge in [0.2, 0.25) is 0 Å². The summed E-state index contributed by atoms with van der Waals surface area (Å²) in [5.41, 5.74) is 1.87. The van der Waals surface area contributed by atoms with Crippen LogP contribution in [0.15, 0.2) is 42.5 Å². The van der Waals surface area contributed by atoms with Crippen LogP contribution < -0.4 is 0 Å². The van der Waals surface area contributed by atoms with E-state index in [-0.39, 0.29) is 5.02 Å². The van der Waals surface area contributed by atoms with Gasteiger partial charge >= 0.3 is 0 Å². The molecule has 0 bridgehead atoms. The van der Waals surface area contributed by atoms with Crippen LogP contribution in [0.25, 0.3) is 0 Å². The molecule has 0 aliphatic heterocycles. The van der Waals surface area contributed by atoms with E-state index in [4.69, 9.17) is 11.6 Å². The van der Waals surface area contributed by atoms with E-state index in [2.05, 4.69) is 6.92 Å². The highest BCUT2D eigenvalue weighted by molar-refractivity contribution is 6.30. The molecule has 0 aliphatic rings. The first kappa shape index (κ1) is 15.0. The molecule has 0 saturated heterocycles. The summed E-state index contributed by atoms with van der Waals surface area (Å²) < 4.78 is 13.1. The highest BCUT2D eigenvalue weighted by Gasteiger charge is 2.23. The predicted octanol–water partition coefficient (Wildman–Crippen LogP) is 4.49. The fraction of sp³-hybridized carbons (Fsp3) is 0.294. The van der Waals surface area contributed by atoms with E-state index in [9.17, 15) is 9.50 Å². The Labute approximate surface area is 124 Å². The van der Waals surface area contributed by atoms with Gasteiger partial charge in [0, 0.05) is 6.42 Å². The lowest BCUT2D eigenvalue weighted by atomic mass is 9.88. The average Bonchev–Trinajstić information content (AvgIpc) is 2.43. The van der Waals surface area contributed by atoms with Gasteiger partial charge in [-0.1, -0.05) is 48.9 Å². The molecular weight excluding hydrogens is 275 g/mol. The monoisotopic (exact) mass is 292 g/mol. The van der Waals surface area contributed by atoms with Gasteiger partial charge in [0.15, 0.2) is 0 Å². The molecule has 2 rings (SSSR count). The highest BCUT2D eigenvalue weighted by atomic mass is 35.5. The van der Waals surface area contributed by atoms with E-state index in [1.54, 1.807) is 19.1 Å². The molecule has 0 aromatic heterocycles. The number of hydrogen-bond donors (Lipinski definition) is 1. The van der Waals surface area contributed by atoms with Crippen molar-refractivity contribution in [1.29, 1.82) is 0 Å². The molecule has 2 aromatic carbocycles. The van der Waals surface area contributed by atoms with Crippen molar-refractivity contribution in [3.8, 4) is 0 Å². The Bertz CT molecular complexity index is 590. The Kier molecular flexibility index (Phi) is 4.46. The maximum absolute atomic E-state index is 13.1. The van der Waals surface area contributed by atoms with E-state index in [1.807, 2.05) is 24.3 Å². The zero-order valence-electron chi connectivity index (χ0n) is 11.7. The first-order chi connectivity index (χ1) is 9.42. The summed E-state index contributed by atoms with van der Waals surface area (Å²) in [7, 11) is 0. The van der Waals surface area contributed by atoms with E-state index >= 15 is 0 Å². The van der Waals surface area contributed by atoms with Crippen LogP contribution in [0.5, 0.6) is 0 Å². The summed E-state index contributed by atoms with van der Waals surface area (Å²) in [5, 5.41) is 10.7. The van der Waals surface area contributed by atoms with Crippen molar-refractivity contribution in [2.45, 2.75) is 32.3 Å². The van der Waals surface area contributed by atoms with Crippen LogP contribution in [0.3, 0.4) is 0 Å². The molecule has 1 nitrogen and oxygen atoms in total. The maximum atomic E-state index is 13.1. The van der Waals surface area contributed by atoms with Gasteiger partial charge in [-0.2, -0.15) is 0 Å². The summed E-state index contributed by atoms with van der Waals surface area (Å²) in [4.78, 5) is 0. The largest absolute Gasteiger partial charge is 0.385 e. The molecule has 0 spiro atoms. The molecule has 20 heavy (non-hydrogen) atoms. The normalized spacial score (nSPS) is 14.1. The molecule has 0 aliphatic carbocycles. The molecule has 0 heterocycles. The van der Waals surface area contributed by atoms with Crippen LogP contribution in [-0.4, -0.2) is 5.11 Å². The van der Waals surface area contributed by atoms with Crippen molar-refractivity contribution < 1.29 is 9.50 Å². The SMILES string of the molecule is CCc1ccc(C(C)(O)Cc2ccc(F)c(Cl)c2)cc1. The first-order valence-electron chi connectivity index (χ1n) is 6.68. The summed E-state index contributed by atoms with van der Waals surface area (Å²) in [6.07, 6.45) is 1.36. The molecule has 0 radical (unpaired) electrons. The predicted molar refractivity (Wildman–Crippen MR) is 80.5 cm³/mol. The van der Waals surface area contributed by atoms with Gasteiger partial charge < -0.3 is 5.11 Å². The van der Waals surface area contributed by atoms with Gasteiger partial charge in [-0.05, 0) is 42.2 Å². The van der Waals surface area contributed by atoms with Gasteiger partial charge in [-0.25, -0.2) is 4.39 Å². The quantitative estimate of drug-likeness (QED) is 0.880. The smallest absolute Gasteiger partial charge is 0.141 e. The third kappa shape index (κ3) is 3.38. The third-order valence-electron chi connectivity index (χ3n) is 3.52. The van der Waals surface area contributed by atoms with E-state index < -0.39 is 11.4 Å². The van der Waals surface area contributed by atoms with Crippen LogP contribution >= 0.6 is 11.6 Å². The van der Waals surface area contributed by atoms with E-state index in [0.717, 1.165) is 17.5 Å². The van der Waals surface area contributed by atoms with Crippen molar-refractivity contribution in [1.82, 2.24) is 0 Å². The fourth-order valence-electron chi connectivity index (χ4n) is 2.25. The van der Waals surface area contributed by atoms with Crippen molar-refractivity contribution in [2.75, 3.05) is 0 Å². The van der Waals surface area contributed by atoms with Crippen LogP contribution in [0.1, 0.15) is 30.5 Å². The Hall–Kier alpha value is -1.38. The highest BCUT2D eigenvalue weighted by Crippen LogP contribution is 2.27. The van der Waals surface area contributed by atoms with Crippen LogP contribution in [0, 0.1) is 5.82 Å². The van der Waals surface area contributed by atoms with Gasteiger partial charge in [-0.15, -0.1) is 0 Å². The van der Waals surface area contributed by atoms with Crippen molar-refractivity contribution in [3.05, 3.63) is 70.0 Å². The summed E-state index contributed by atoms with van der Waals surface area (Å²) >= 11 is 5.77. The van der Waals surface area contributed by atoms with Crippen LogP contribution in [0.2, 0.25) is 5.02 Å². The number of rotatable bonds is 4. The Morgan fingerprint density at radius 3 is 2.25 bits per heavy atom.